The Morgan fingerprint density at radius 2 is 1.90 bits per heavy atom. The Labute approximate surface area is 123 Å². The Morgan fingerprint density at radius 1 is 1.15 bits per heavy atom. The molecule has 20 heavy (non-hydrogen) atoms. The quantitative estimate of drug-likeness (QED) is 0.664. The van der Waals surface area contributed by atoms with Crippen LogP contribution in [0.4, 0.5) is 4.39 Å². The lowest BCUT2D eigenvalue weighted by molar-refractivity contribution is 0.529. The first-order chi connectivity index (χ1) is 9.51. The molecule has 2 rings (SSSR count). The van der Waals surface area contributed by atoms with Crippen LogP contribution in [0.2, 0.25) is 5.02 Å². The third-order valence-corrected chi connectivity index (χ3v) is 3.80. The molecule has 0 bridgehead atoms. The Hall–Kier alpha value is -1.42. The maximum Gasteiger partial charge on any atom is 0.126 e. The van der Waals surface area contributed by atoms with E-state index in [2.05, 4.69) is 18.4 Å². The second-order valence-electron chi connectivity index (χ2n) is 5.00. The van der Waals surface area contributed by atoms with Crippen molar-refractivity contribution in [1.29, 1.82) is 0 Å². The topological polar surface area (TPSA) is 38.0 Å². The highest BCUT2D eigenvalue weighted by molar-refractivity contribution is 6.30. The van der Waals surface area contributed by atoms with Gasteiger partial charge in [-0.25, -0.2) is 4.39 Å². The van der Waals surface area contributed by atoms with E-state index < -0.39 is 0 Å². The molecule has 0 aliphatic rings. The monoisotopic (exact) mass is 292 g/mol. The van der Waals surface area contributed by atoms with Crippen molar-refractivity contribution in [3.05, 3.63) is 69.5 Å². The molecule has 0 fully saturated rings. The summed E-state index contributed by atoms with van der Waals surface area (Å²) in [6.45, 7) is 4.10. The van der Waals surface area contributed by atoms with Crippen LogP contribution in [0.5, 0.6) is 0 Å². The second kappa shape index (κ2) is 6.35. The van der Waals surface area contributed by atoms with Crippen molar-refractivity contribution in [3.8, 4) is 0 Å². The summed E-state index contributed by atoms with van der Waals surface area (Å²) >= 11 is 5.92. The Bertz CT molecular complexity index is 613. The fourth-order valence-electron chi connectivity index (χ4n) is 2.17. The van der Waals surface area contributed by atoms with Gasteiger partial charge in [-0.05, 0) is 60.7 Å². The molecule has 0 heterocycles. The average Bonchev–Trinajstić information content (AvgIpc) is 2.43. The van der Waals surface area contributed by atoms with Crippen LogP contribution < -0.4 is 11.3 Å². The van der Waals surface area contributed by atoms with Crippen molar-refractivity contribution in [2.45, 2.75) is 26.3 Å². The standard InChI is InChI=1S/C16H18ClFN2/c1-10-3-4-12(7-11(10)2)16(20-19)9-13-8-14(17)5-6-15(13)18/h3-8,16,20H,9,19H2,1-2H3. The van der Waals surface area contributed by atoms with Gasteiger partial charge >= 0.3 is 0 Å². The molecule has 0 spiro atoms. The Balaban J connectivity index is 2.28. The summed E-state index contributed by atoms with van der Waals surface area (Å²) in [7, 11) is 0. The first kappa shape index (κ1) is 15.0. The van der Waals surface area contributed by atoms with Gasteiger partial charge in [0.2, 0.25) is 0 Å². The number of rotatable bonds is 4. The average molecular weight is 293 g/mol. The van der Waals surface area contributed by atoms with Crippen LogP contribution in [-0.2, 0) is 6.42 Å². The number of hydrogen-bond donors (Lipinski definition) is 2. The summed E-state index contributed by atoms with van der Waals surface area (Å²) in [6.07, 6.45) is 0.450. The van der Waals surface area contributed by atoms with E-state index in [1.165, 1.54) is 17.2 Å². The molecule has 0 aliphatic carbocycles. The van der Waals surface area contributed by atoms with Crippen LogP contribution in [-0.4, -0.2) is 0 Å². The molecular formula is C16H18ClFN2. The van der Waals surface area contributed by atoms with Crippen molar-refractivity contribution in [2.24, 2.45) is 5.84 Å². The molecule has 0 aliphatic heterocycles. The predicted molar refractivity (Wildman–Crippen MR) is 81.1 cm³/mol. The smallest absolute Gasteiger partial charge is 0.126 e. The van der Waals surface area contributed by atoms with Crippen molar-refractivity contribution in [1.82, 2.24) is 5.43 Å². The third kappa shape index (κ3) is 3.37. The van der Waals surface area contributed by atoms with E-state index >= 15 is 0 Å². The maximum atomic E-state index is 13.8. The normalized spacial score (nSPS) is 12.4. The molecule has 0 radical (unpaired) electrons. The van der Waals surface area contributed by atoms with Gasteiger partial charge in [-0.15, -0.1) is 0 Å². The molecule has 1 unspecified atom stereocenters. The van der Waals surface area contributed by atoms with Crippen LogP contribution in [0.1, 0.15) is 28.3 Å². The predicted octanol–water partition coefficient (Wildman–Crippen LogP) is 3.84. The van der Waals surface area contributed by atoms with Gasteiger partial charge in [-0.1, -0.05) is 29.8 Å². The molecular weight excluding hydrogens is 275 g/mol. The number of nitrogens with one attached hydrogen (secondary N) is 1. The number of nitrogens with two attached hydrogens (primary N) is 1. The van der Waals surface area contributed by atoms with Crippen molar-refractivity contribution < 1.29 is 4.39 Å². The fraction of sp³-hybridized carbons (Fsp3) is 0.250. The van der Waals surface area contributed by atoms with Gasteiger partial charge < -0.3 is 0 Å². The zero-order chi connectivity index (χ0) is 14.7. The molecule has 4 heteroatoms. The third-order valence-electron chi connectivity index (χ3n) is 3.57. The molecule has 1 atom stereocenters. The van der Waals surface area contributed by atoms with Gasteiger partial charge in [0.1, 0.15) is 5.82 Å². The summed E-state index contributed by atoms with van der Waals surface area (Å²) in [4.78, 5) is 0. The highest BCUT2D eigenvalue weighted by Gasteiger charge is 2.14. The number of benzene rings is 2. The van der Waals surface area contributed by atoms with Crippen LogP contribution in [0.3, 0.4) is 0 Å². The largest absolute Gasteiger partial charge is 0.271 e. The second-order valence-corrected chi connectivity index (χ2v) is 5.44. The highest BCUT2D eigenvalue weighted by atomic mass is 35.5. The van der Waals surface area contributed by atoms with Crippen LogP contribution in [0.25, 0.3) is 0 Å². The van der Waals surface area contributed by atoms with Crippen molar-refractivity contribution >= 4 is 11.6 Å². The molecule has 106 valence electrons. The highest BCUT2D eigenvalue weighted by Crippen LogP contribution is 2.23. The number of aryl methyl sites for hydroxylation is 2. The summed E-state index contributed by atoms with van der Waals surface area (Å²) in [5.41, 5.74) is 6.75. The summed E-state index contributed by atoms with van der Waals surface area (Å²) in [5, 5.41) is 0.525. The Morgan fingerprint density at radius 3 is 2.55 bits per heavy atom. The van der Waals surface area contributed by atoms with Crippen molar-refractivity contribution in [3.63, 3.8) is 0 Å². The van der Waals surface area contributed by atoms with Crippen molar-refractivity contribution in [2.75, 3.05) is 0 Å². The molecule has 0 saturated carbocycles. The SMILES string of the molecule is Cc1ccc(C(Cc2cc(Cl)ccc2F)NN)cc1C. The molecule has 0 aromatic heterocycles. The van der Waals surface area contributed by atoms with Gasteiger partial charge in [0.15, 0.2) is 0 Å². The van der Waals surface area contributed by atoms with Gasteiger partial charge in [-0.2, -0.15) is 0 Å². The molecule has 3 N–H and O–H groups in total. The molecule has 2 aromatic rings. The van der Waals surface area contributed by atoms with Crippen LogP contribution in [0.15, 0.2) is 36.4 Å². The molecule has 0 saturated heterocycles. The van der Waals surface area contributed by atoms with Crippen LogP contribution in [0, 0.1) is 19.7 Å². The van der Waals surface area contributed by atoms with Gasteiger partial charge in [0.25, 0.3) is 0 Å². The fourth-order valence-corrected chi connectivity index (χ4v) is 2.37. The molecule has 2 aromatic carbocycles. The number of hydrazine groups is 1. The minimum Gasteiger partial charge on any atom is -0.271 e. The maximum absolute atomic E-state index is 13.8. The molecule has 0 amide bonds. The van der Waals surface area contributed by atoms with E-state index in [0.29, 0.717) is 17.0 Å². The van der Waals surface area contributed by atoms with E-state index in [1.54, 1.807) is 12.1 Å². The van der Waals surface area contributed by atoms with E-state index in [0.717, 1.165) is 5.56 Å². The molecule has 2 nitrogen and oxygen atoms in total. The summed E-state index contributed by atoms with van der Waals surface area (Å²) in [6, 6.07) is 10.5. The minimum atomic E-state index is -0.265. The Kier molecular flexibility index (Phi) is 4.76. The zero-order valence-corrected chi connectivity index (χ0v) is 12.3. The van der Waals surface area contributed by atoms with Crippen LogP contribution >= 0.6 is 11.6 Å². The lowest BCUT2D eigenvalue weighted by Gasteiger charge is -2.18. The first-order valence-electron chi connectivity index (χ1n) is 6.48. The number of halogens is 2. The lowest BCUT2D eigenvalue weighted by atomic mass is 9.96. The van der Waals surface area contributed by atoms with E-state index in [-0.39, 0.29) is 11.9 Å². The van der Waals surface area contributed by atoms with E-state index in [9.17, 15) is 4.39 Å². The summed E-state index contributed by atoms with van der Waals surface area (Å²) in [5.74, 6) is 5.36. The van der Waals surface area contributed by atoms with Gasteiger partial charge in [0, 0.05) is 5.02 Å². The first-order valence-corrected chi connectivity index (χ1v) is 6.86. The lowest BCUT2D eigenvalue weighted by Crippen LogP contribution is -2.29. The summed E-state index contributed by atoms with van der Waals surface area (Å²) < 4.78 is 13.8. The van der Waals surface area contributed by atoms with E-state index in [4.69, 9.17) is 17.4 Å². The van der Waals surface area contributed by atoms with Gasteiger partial charge in [0.05, 0.1) is 6.04 Å². The van der Waals surface area contributed by atoms with Gasteiger partial charge in [-0.3, -0.25) is 11.3 Å². The zero-order valence-electron chi connectivity index (χ0n) is 11.6. The number of hydrogen-bond acceptors (Lipinski definition) is 2. The van der Waals surface area contributed by atoms with E-state index in [1.807, 2.05) is 19.1 Å². The minimum absolute atomic E-state index is 0.151.